The van der Waals surface area contributed by atoms with Crippen LogP contribution < -0.4 is 0 Å². The van der Waals surface area contributed by atoms with Crippen LogP contribution in [0, 0.1) is 6.92 Å². The maximum Gasteiger partial charge on any atom is 0 e. The SMILES string of the molecule is [B].[CH2-]CCCC[N-]C.[Y]. The Hall–Kier alpha value is 1.13. The molecule has 0 aliphatic carbocycles. The predicted molar refractivity (Wildman–Crippen MR) is 39.1 cm³/mol. The van der Waals surface area contributed by atoms with E-state index < -0.39 is 0 Å². The van der Waals surface area contributed by atoms with E-state index in [2.05, 4.69) is 12.2 Å². The average molecular weight is 199 g/mol. The van der Waals surface area contributed by atoms with Crippen molar-refractivity contribution in [3.63, 3.8) is 0 Å². The van der Waals surface area contributed by atoms with Crippen molar-refractivity contribution in [1.82, 2.24) is 0 Å². The molecule has 0 atom stereocenters. The van der Waals surface area contributed by atoms with Gasteiger partial charge in [0.25, 0.3) is 0 Å². The quantitative estimate of drug-likeness (QED) is 0.371. The summed E-state index contributed by atoms with van der Waals surface area (Å²) >= 11 is 0. The van der Waals surface area contributed by atoms with Gasteiger partial charge in [-0.3, -0.25) is 0 Å². The molecule has 0 saturated heterocycles. The first-order valence-electron chi connectivity index (χ1n) is 2.76. The van der Waals surface area contributed by atoms with Crippen molar-refractivity contribution >= 4 is 8.41 Å². The summed E-state index contributed by atoms with van der Waals surface area (Å²) < 4.78 is 0. The molecule has 0 N–H and O–H groups in total. The second-order valence-corrected chi connectivity index (χ2v) is 1.60. The Balaban J connectivity index is -0.000000180. The van der Waals surface area contributed by atoms with Crippen molar-refractivity contribution in [1.29, 1.82) is 0 Å². The fraction of sp³-hybridized carbons (Fsp3) is 0.833. The molecule has 0 rings (SSSR count). The average Bonchev–Trinajstić information content (AvgIpc) is 1.69. The molecule has 1 nitrogen and oxygen atoms in total. The summed E-state index contributed by atoms with van der Waals surface area (Å²) in [6, 6.07) is 0. The first kappa shape index (κ1) is 16.6. The van der Waals surface area contributed by atoms with Gasteiger partial charge in [-0.15, -0.1) is 6.54 Å². The first-order chi connectivity index (χ1) is 3.41. The van der Waals surface area contributed by atoms with Gasteiger partial charge in [0.05, 0.1) is 0 Å². The topological polar surface area (TPSA) is 14.1 Å². The van der Waals surface area contributed by atoms with Crippen LogP contribution >= 0.6 is 0 Å². The zero-order valence-electron chi connectivity index (χ0n) is 6.14. The Morgan fingerprint density at radius 3 is 2.22 bits per heavy atom. The molecule has 0 spiro atoms. The summed E-state index contributed by atoms with van der Waals surface area (Å²) in [4.78, 5) is 0. The molecule has 0 heterocycles. The monoisotopic (exact) mass is 199 g/mol. The van der Waals surface area contributed by atoms with Gasteiger partial charge >= 0.3 is 0 Å². The van der Waals surface area contributed by atoms with E-state index in [1.165, 1.54) is 12.8 Å². The third kappa shape index (κ3) is 17.6. The molecule has 0 aromatic carbocycles. The second kappa shape index (κ2) is 16.1. The van der Waals surface area contributed by atoms with Crippen molar-refractivity contribution in [2.45, 2.75) is 19.3 Å². The molecule has 4 radical (unpaired) electrons. The number of unbranched alkanes of at least 4 members (excludes halogenated alkanes) is 2. The van der Waals surface area contributed by atoms with Crippen LogP contribution in [0.3, 0.4) is 0 Å². The van der Waals surface area contributed by atoms with E-state index in [1.54, 1.807) is 0 Å². The normalized spacial score (nSPS) is 7.33. The predicted octanol–water partition coefficient (Wildman–Crippen LogP) is 1.61. The van der Waals surface area contributed by atoms with Gasteiger partial charge in [-0.2, -0.15) is 13.5 Å². The van der Waals surface area contributed by atoms with Crippen LogP contribution in [0.15, 0.2) is 0 Å². The standard InChI is InChI=1S/C6H13N.B.Y/c1-3-4-5-6-7-2;;/h1,3-6H2,2H3;;/q-2;;. The summed E-state index contributed by atoms with van der Waals surface area (Å²) in [7, 11) is 1.85. The van der Waals surface area contributed by atoms with E-state index in [4.69, 9.17) is 0 Å². The number of hydrogen-bond donors (Lipinski definition) is 0. The molecule has 3 heteroatoms. The maximum absolute atomic E-state index is 3.95. The van der Waals surface area contributed by atoms with Gasteiger partial charge in [-0.1, -0.05) is 12.8 Å². The van der Waals surface area contributed by atoms with Gasteiger partial charge in [-0.25, -0.2) is 0 Å². The minimum atomic E-state index is 0. The van der Waals surface area contributed by atoms with Gasteiger partial charge in [0.2, 0.25) is 0 Å². The Bertz CT molecular complexity index is 32.2. The fourth-order valence-corrected chi connectivity index (χ4v) is 0.447. The van der Waals surface area contributed by atoms with Crippen LogP contribution in [0.25, 0.3) is 5.32 Å². The molecule has 0 bridgehead atoms. The minimum Gasteiger partial charge on any atom is -0.665 e. The van der Waals surface area contributed by atoms with Gasteiger partial charge in [0.1, 0.15) is 0 Å². The van der Waals surface area contributed by atoms with Crippen LogP contribution in [0.4, 0.5) is 0 Å². The molecule has 50 valence electrons. The molecule has 0 amide bonds. The van der Waals surface area contributed by atoms with Crippen molar-refractivity contribution < 1.29 is 32.7 Å². The first-order valence-corrected chi connectivity index (χ1v) is 2.76. The van der Waals surface area contributed by atoms with E-state index >= 15 is 0 Å². The summed E-state index contributed by atoms with van der Waals surface area (Å²) in [6.45, 7) is 4.73. The van der Waals surface area contributed by atoms with Gasteiger partial charge in [0.15, 0.2) is 0 Å². The van der Waals surface area contributed by atoms with Crippen LogP contribution in [-0.2, 0) is 32.7 Å². The Labute approximate surface area is 85.8 Å². The smallest absolute Gasteiger partial charge is 0 e. The number of hydrogen-bond acceptors (Lipinski definition) is 0. The van der Waals surface area contributed by atoms with Gasteiger partial charge in [0, 0.05) is 41.1 Å². The summed E-state index contributed by atoms with van der Waals surface area (Å²) in [5, 5.41) is 3.95. The molecule has 0 aliphatic rings. The van der Waals surface area contributed by atoms with Gasteiger partial charge < -0.3 is 12.2 Å². The largest absolute Gasteiger partial charge is 0.665 e. The van der Waals surface area contributed by atoms with Crippen LogP contribution in [0.1, 0.15) is 19.3 Å². The van der Waals surface area contributed by atoms with E-state index in [-0.39, 0.29) is 41.1 Å². The van der Waals surface area contributed by atoms with Crippen molar-refractivity contribution in [2.75, 3.05) is 13.6 Å². The number of nitrogens with zero attached hydrogens (tertiary/aromatic N) is 1. The molecular formula is C6H13BNY-2. The van der Waals surface area contributed by atoms with Crippen LogP contribution in [0.2, 0.25) is 0 Å². The Morgan fingerprint density at radius 1 is 1.33 bits per heavy atom. The van der Waals surface area contributed by atoms with E-state index in [1.807, 2.05) is 7.05 Å². The number of rotatable bonds is 4. The zero-order valence-corrected chi connectivity index (χ0v) is 8.98. The van der Waals surface area contributed by atoms with Crippen molar-refractivity contribution in [3.8, 4) is 0 Å². The van der Waals surface area contributed by atoms with Gasteiger partial charge in [-0.05, 0) is 0 Å². The minimum absolute atomic E-state index is 0. The fourth-order valence-electron chi connectivity index (χ4n) is 0.447. The molecule has 9 heavy (non-hydrogen) atoms. The second-order valence-electron chi connectivity index (χ2n) is 1.60. The Morgan fingerprint density at radius 2 is 1.89 bits per heavy atom. The van der Waals surface area contributed by atoms with Crippen molar-refractivity contribution in [3.05, 3.63) is 12.2 Å². The van der Waals surface area contributed by atoms with E-state index in [0.29, 0.717) is 0 Å². The van der Waals surface area contributed by atoms with Crippen LogP contribution in [0.5, 0.6) is 0 Å². The molecule has 0 unspecified atom stereocenters. The zero-order chi connectivity index (χ0) is 5.54. The molecule has 0 aliphatic heterocycles. The summed E-state index contributed by atoms with van der Waals surface area (Å²) in [5.74, 6) is 0. The Kier molecular flexibility index (Phi) is 29.6. The summed E-state index contributed by atoms with van der Waals surface area (Å²) in [5.41, 5.74) is 0. The third-order valence-corrected chi connectivity index (χ3v) is 0.882. The molecule has 0 saturated carbocycles. The van der Waals surface area contributed by atoms with E-state index in [9.17, 15) is 0 Å². The molecule has 0 fully saturated rings. The molecular weight excluding hydrogens is 186 g/mol. The summed E-state index contributed by atoms with van der Waals surface area (Å²) in [6.07, 6.45) is 3.48. The molecule has 0 aromatic heterocycles. The maximum atomic E-state index is 3.95. The van der Waals surface area contributed by atoms with Crippen LogP contribution in [-0.4, -0.2) is 22.0 Å². The van der Waals surface area contributed by atoms with E-state index in [0.717, 1.165) is 13.0 Å². The molecule has 0 aromatic rings. The van der Waals surface area contributed by atoms with Crippen molar-refractivity contribution in [2.24, 2.45) is 0 Å². The third-order valence-electron chi connectivity index (χ3n) is 0.882.